The lowest BCUT2D eigenvalue weighted by Gasteiger charge is -2.46. The van der Waals surface area contributed by atoms with E-state index >= 15 is 0 Å². The third-order valence-electron chi connectivity index (χ3n) is 4.46. The van der Waals surface area contributed by atoms with Crippen LogP contribution in [0.3, 0.4) is 0 Å². The minimum Gasteiger partial charge on any atom is -0.369 e. The topological polar surface area (TPSA) is 80.0 Å². The standard InChI is InChI=1S/C17H23N5/c1-12(2)13-8-4-5-9-14(13)22-16(19)20-15(18)21-17(22)10-6-3-7-11-17/h4-5,8-9H,1,3,6-7,10-11H2,2H3,(H4,18,19,20,21). The van der Waals surface area contributed by atoms with Gasteiger partial charge in [0.25, 0.3) is 0 Å². The molecular weight excluding hydrogens is 274 g/mol. The summed E-state index contributed by atoms with van der Waals surface area (Å²) < 4.78 is 0. The summed E-state index contributed by atoms with van der Waals surface area (Å²) >= 11 is 0. The van der Waals surface area contributed by atoms with Gasteiger partial charge < -0.3 is 11.5 Å². The van der Waals surface area contributed by atoms with Gasteiger partial charge in [-0.3, -0.25) is 4.90 Å². The molecule has 3 rings (SSSR count). The molecule has 0 aromatic heterocycles. The minimum absolute atomic E-state index is 0.281. The van der Waals surface area contributed by atoms with Gasteiger partial charge in [0.1, 0.15) is 5.66 Å². The third kappa shape index (κ3) is 2.36. The highest BCUT2D eigenvalue weighted by molar-refractivity contribution is 6.06. The molecule has 0 amide bonds. The predicted octanol–water partition coefficient (Wildman–Crippen LogP) is 2.83. The average Bonchev–Trinajstić information content (AvgIpc) is 2.47. The Hall–Kier alpha value is -2.30. The van der Waals surface area contributed by atoms with Crippen LogP contribution in [-0.4, -0.2) is 17.6 Å². The fourth-order valence-electron chi connectivity index (χ4n) is 3.50. The highest BCUT2D eigenvalue weighted by atomic mass is 15.4. The number of guanidine groups is 2. The molecule has 1 aliphatic carbocycles. The average molecular weight is 297 g/mol. The van der Waals surface area contributed by atoms with E-state index in [0.717, 1.165) is 42.5 Å². The molecule has 5 heteroatoms. The molecule has 4 N–H and O–H groups in total. The molecule has 1 aromatic carbocycles. The van der Waals surface area contributed by atoms with Gasteiger partial charge in [-0.2, -0.15) is 4.99 Å². The number of hydrogen-bond donors (Lipinski definition) is 2. The molecule has 5 nitrogen and oxygen atoms in total. The van der Waals surface area contributed by atoms with Crippen molar-refractivity contribution in [3.63, 3.8) is 0 Å². The number of allylic oxidation sites excluding steroid dienone is 1. The zero-order valence-electron chi connectivity index (χ0n) is 13.0. The molecule has 1 spiro atoms. The van der Waals surface area contributed by atoms with Crippen molar-refractivity contribution in [2.45, 2.75) is 44.7 Å². The third-order valence-corrected chi connectivity index (χ3v) is 4.46. The number of nitrogens with two attached hydrogens (primary N) is 2. The van der Waals surface area contributed by atoms with E-state index in [1.165, 1.54) is 6.42 Å². The van der Waals surface area contributed by atoms with Crippen molar-refractivity contribution in [2.24, 2.45) is 21.5 Å². The van der Waals surface area contributed by atoms with Crippen molar-refractivity contribution >= 4 is 23.2 Å². The summed E-state index contributed by atoms with van der Waals surface area (Å²) in [5, 5.41) is 0. The Morgan fingerprint density at radius 3 is 2.55 bits per heavy atom. The van der Waals surface area contributed by atoms with E-state index in [1.807, 2.05) is 19.1 Å². The second-order valence-corrected chi connectivity index (χ2v) is 6.12. The Bertz CT molecular complexity index is 653. The second-order valence-electron chi connectivity index (χ2n) is 6.12. The lowest BCUT2D eigenvalue weighted by atomic mass is 9.86. The first kappa shape index (κ1) is 14.6. The summed E-state index contributed by atoms with van der Waals surface area (Å²) in [5.74, 6) is 0.701. The van der Waals surface area contributed by atoms with Gasteiger partial charge in [0.15, 0.2) is 0 Å². The van der Waals surface area contributed by atoms with Crippen LogP contribution in [0, 0.1) is 0 Å². The van der Waals surface area contributed by atoms with E-state index in [0.29, 0.717) is 5.96 Å². The molecule has 0 radical (unpaired) electrons. The van der Waals surface area contributed by atoms with Gasteiger partial charge >= 0.3 is 0 Å². The maximum absolute atomic E-state index is 6.26. The van der Waals surface area contributed by atoms with Crippen molar-refractivity contribution in [3.05, 3.63) is 36.4 Å². The van der Waals surface area contributed by atoms with Crippen LogP contribution in [0.2, 0.25) is 0 Å². The smallest absolute Gasteiger partial charge is 0.220 e. The van der Waals surface area contributed by atoms with Gasteiger partial charge in [0.05, 0.1) is 5.69 Å². The lowest BCUT2D eigenvalue weighted by Crippen LogP contribution is -2.58. The van der Waals surface area contributed by atoms with Crippen molar-refractivity contribution < 1.29 is 0 Å². The fraction of sp³-hybridized carbons (Fsp3) is 0.412. The van der Waals surface area contributed by atoms with Gasteiger partial charge in [-0.25, -0.2) is 4.99 Å². The maximum Gasteiger partial charge on any atom is 0.220 e. The molecule has 1 aromatic rings. The molecule has 0 saturated heterocycles. The van der Waals surface area contributed by atoms with E-state index < -0.39 is 5.66 Å². The van der Waals surface area contributed by atoms with Crippen molar-refractivity contribution in [2.75, 3.05) is 4.90 Å². The van der Waals surface area contributed by atoms with Gasteiger partial charge in [-0.05, 0) is 44.2 Å². The molecule has 22 heavy (non-hydrogen) atoms. The van der Waals surface area contributed by atoms with Crippen molar-refractivity contribution in [3.8, 4) is 0 Å². The van der Waals surface area contributed by atoms with Gasteiger partial charge in [-0.1, -0.05) is 31.2 Å². The first-order valence-electron chi connectivity index (χ1n) is 7.78. The van der Waals surface area contributed by atoms with E-state index in [2.05, 4.69) is 28.6 Å². The van der Waals surface area contributed by atoms with Crippen LogP contribution < -0.4 is 16.4 Å². The molecule has 1 heterocycles. The molecular formula is C17H23N5. The Morgan fingerprint density at radius 2 is 1.86 bits per heavy atom. The number of rotatable bonds is 2. The number of hydrogen-bond acceptors (Lipinski definition) is 5. The molecule has 2 aliphatic rings. The minimum atomic E-state index is -0.403. The van der Waals surface area contributed by atoms with Crippen LogP contribution in [0.5, 0.6) is 0 Å². The zero-order valence-corrected chi connectivity index (χ0v) is 13.0. The van der Waals surface area contributed by atoms with Crippen molar-refractivity contribution in [1.29, 1.82) is 0 Å². The highest BCUT2D eigenvalue weighted by Gasteiger charge is 2.43. The highest BCUT2D eigenvalue weighted by Crippen LogP contribution is 2.41. The number of para-hydroxylation sites is 1. The van der Waals surface area contributed by atoms with E-state index in [9.17, 15) is 0 Å². The van der Waals surface area contributed by atoms with Gasteiger partial charge in [-0.15, -0.1) is 0 Å². The summed E-state index contributed by atoms with van der Waals surface area (Å²) in [6.07, 6.45) is 5.35. The Labute approximate surface area is 131 Å². The second kappa shape index (κ2) is 5.48. The number of aliphatic imine (C=N–C) groups is 2. The molecule has 116 valence electrons. The molecule has 0 bridgehead atoms. The molecule has 1 saturated carbocycles. The SMILES string of the molecule is C=C(C)c1ccccc1N1C(N)=NC(N)=NC12CCCCC2. The summed E-state index contributed by atoms with van der Waals surface area (Å²) in [6.45, 7) is 6.09. The predicted molar refractivity (Wildman–Crippen MR) is 92.7 cm³/mol. The summed E-state index contributed by atoms with van der Waals surface area (Å²) in [7, 11) is 0. The van der Waals surface area contributed by atoms with E-state index in [-0.39, 0.29) is 5.96 Å². The molecule has 1 aliphatic heterocycles. The lowest BCUT2D eigenvalue weighted by molar-refractivity contribution is 0.305. The largest absolute Gasteiger partial charge is 0.369 e. The Morgan fingerprint density at radius 1 is 1.18 bits per heavy atom. The van der Waals surface area contributed by atoms with Crippen LogP contribution in [0.1, 0.15) is 44.6 Å². The maximum atomic E-state index is 6.26. The van der Waals surface area contributed by atoms with Gasteiger partial charge in [0.2, 0.25) is 11.9 Å². The quantitative estimate of drug-likeness (QED) is 0.881. The van der Waals surface area contributed by atoms with Gasteiger partial charge in [0, 0.05) is 5.56 Å². The van der Waals surface area contributed by atoms with E-state index in [4.69, 9.17) is 16.5 Å². The zero-order chi connectivity index (χ0) is 15.7. The number of anilines is 1. The van der Waals surface area contributed by atoms with E-state index in [1.54, 1.807) is 0 Å². The van der Waals surface area contributed by atoms with Crippen LogP contribution in [0.25, 0.3) is 5.57 Å². The Balaban J connectivity index is 2.15. The monoisotopic (exact) mass is 297 g/mol. The first-order chi connectivity index (χ1) is 10.5. The summed E-state index contributed by atoms with van der Waals surface area (Å²) in [4.78, 5) is 11.0. The normalized spacial score (nSPS) is 20.5. The molecule has 0 unspecified atom stereocenters. The summed E-state index contributed by atoms with van der Waals surface area (Å²) in [6, 6.07) is 8.13. The molecule has 1 fully saturated rings. The summed E-state index contributed by atoms with van der Waals surface area (Å²) in [5.41, 5.74) is 14.8. The van der Waals surface area contributed by atoms with Crippen LogP contribution >= 0.6 is 0 Å². The molecule has 0 atom stereocenters. The van der Waals surface area contributed by atoms with Crippen LogP contribution in [0.4, 0.5) is 5.69 Å². The first-order valence-corrected chi connectivity index (χ1v) is 7.78. The number of benzene rings is 1. The van der Waals surface area contributed by atoms with Crippen LogP contribution in [-0.2, 0) is 0 Å². The fourth-order valence-corrected chi connectivity index (χ4v) is 3.50. The Kier molecular flexibility index (Phi) is 3.64. The van der Waals surface area contributed by atoms with Crippen molar-refractivity contribution in [1.82, 2.24) is 0 Å². The van der Waals surface area contributed by atoms with Crippen LogP contribution in [0.15, 0.2) is 40.8 Å². The number of nitrogens with zero attached hydrogens (tertiary/aromatic N) is 3.